The van der Waals surface area contributed by atoms with Crippen LogP contribution < -0.4 is 20.0 Å². The van der Waals surface area contributed by atoms with Crippen LogP contribution in [0.5, 0.6) is 0 Å². The lowest BCUT2D eigenvalue weighted by Gasteiger charge is -2.32. The molecule has 1 fully saturated rings. The monoisotopic (exact) mass is 503 g/mol. The molecule has 1 aromatic heterocycles. The van der Waals surface area contributed by atoms with Crippen molar-refractivity contribution in [3.05, 3.63) is 57.5 Å². The van der Waals surface area contributed by atoms with Crippen LogP contribution in [-0.4, -0.2) is 37.4 Å². The van der Waals surface area contributed by atoms with E-state index < -0.39 is 0 Å². The normalized spacial score (nSPS) is 24.9. The molecule has 164 valence electrons. The van der Waals surface area contributed by atoms with Crippen LogP contribution in [0, 0.1) is 0 Å². The number of nitrogens with zero attached hydrogens (tertiary/aromatic N) is 4. The molecule has 3 atom stereocenters. The first kappa shape index (κ1) is 20.8. The van der Waals surface area contributed by atoms with Crippen molar-refractivity contribution >= 4 is 44.7 Å². The molecular weight excluding hydrogens is 478 g/mol. The number of nitrogens with one attached hydrogen (secondary N) is 1. The van der Waals surface area contributed by atoms with Gasteiger partial charge >= 0.3 is 0 Å². The summed E-state index contributed by atoms with van der Waals surface area (Å²) in [4.78, 5) is 11.8. The molecule has 3 aliphatic rings. The van der Waals surface area contributed by atoms with Gasteiger partial charge in [-0.15, -0.1) is 0 Å². The van der Waals surface area contributed by atoms with Crippen LogP contribution in [0.4, 0.5) is 17.2 Å². The molecule has 4 heterocycles. The molecule has 3 aliphatic heterocycles. The first-order valence-corrected chi connectivity index (χ1v) is 11.9. The first-order valence-electron chi connectivity index (χ1n) is 10.7. The number of hydrogen-bond acceptors (Lipinski definition) is 6. The summed E-state index contributed by atoms with van der Waals surface area (Å²) in [5.41, 5.74) is 4.30. The third kappa shape index (κ3) is 3.61. The summed E-state index contributed by atoms with van der Waals surface area (Å²) in [5.74, 6) is 1.06. The van der Waals surface area contributed by atoms with E-state index in [9.17, 15) is 0 Å². The third-order valence-corrected chi connectivity index (χ3v) is 7.70. The highest BCUT2D eigenvalue weighted by Crippen LogP contribution is 2.51. The van der Waals surface area contributed by atoms with Crippen molar-refractivity contribution in [2.24, 2.45) is 0 Å². The van der Waals surface area contributed by atoms with E-state index in [0.717, 1.165) is 44.5 Å². The Balaban J connectivity index is 1.50. The number of halogens is 2. The molecule has 1 N–H and O–H groups in total. The smallest absolute Gasteiger partial charge is 0.166 e. The molecule has 3 unspecified atom stereocenters. The molecule has 0 bridgehead atoms. The summed E-state index contributed by atoms with van der Waals surface area (Å²) < 4.78 is 6.49. The van der Waals surface area contributed by atoms with E-state index in [4.69, 9.17) is 21.3 Å². The Morgan fingerprint density at radius 1 is 1.26 bits per heavy atom. The lowest BCUT2D eigenvalue weighted by molar-refractivity contribution is 0.170. The predicted molar refractivity (Wildman–Crippen MR) is 130 cm³/mol. The third-order valence-electron chi connectivity index (χ3n) is 6.43. The summed E-state index contributed by atoms with van der Waals surface area (Å²) in [5, 5.41) is 4.11. The maximum absolute atomic E-state index is 6.73. The van der Waals surface area contributed by atoms with Crippen molar-refractivity contribution in [2.45, 2.75) is 45.1 Å². The van der Waals surface area contributed by atoms with Gasteiger partial charge < -0.3 is 24.8 Å². The van der Waals surface area contributed by atoms with Crippen LogP contribution in [0.3, 0.4) is 0 Å². The number of aromatic nitrogens is 1. The van der Waals surface area contributed by atoms with Gasteiger partial charge in [-0.1, -0.05) is 11.6 Å². The second-order valence-corrected chi connectivity index (χ2v) is 9.77. The van der Waals surface area contributed by atoms with Crippen LogP contribution in [0.25, 0.3) is 0 Å². The minimum atomic E-state index is -0.0158. The van der Waals surface area contributed by atoms with Gasteiger partial charge in [-0.05, 0) is 66.9 Å². The molecule has 8 heteroatoms. The molecular formula is C23H27BrClN5O. The van der Waals surface area contributed by atoms with Crippen molar-refractivity contribution in [1.29, 1.82) is 0 Å². The van der Waals surface area contributed by atoms with Crippen LogP contribution in [-0.2, 0) is 4.74 Å². The maximum Gasteiger partial charge on any atom is 0.166 e. The number of anilines is 3. The molecule has 0 spiro atoms. The molecule has 6 nitrogen and oxygen atoms in total. The fourth-order valence-corrected chi connectivity index (χ4v) is 5.52. The van der Waals surface area contributed by atoms with Gasteiger partial charge in [-0.3, -0.25) is 0 Å². The molecule has 2 aromatic rings. The quantitative estimate of drug-likeness (QED) is 0.614. The van der Waals surface area contributed by atoms with E-state index >= 15 is 0 Å². The molecule has 0 saturated carbocycles. The zero-order valence-electron chi connectivity index (χ0n) is 18.0. The molecule has 1 saturated heterocycles. The topological polar surface area (TPSA) is 43.9 Å². The SMILES string of the molecule is CC1NC(CN2c3ccc(Br)c(Cl)c3N(C)C2c2ccc(N3CCCC3C)nc2)=CO1. The van der Waals surface area contributed by atoms with Gasteiger partial charge in [0.05, 0.1) is 28.6 Å². The van der Waals surface area contributed by atoms with Gasteiger partial charge in [-0.25, -0.2) is 4.98 Å². The Hall–Kier alpha value is -2.12. The summed E-state index contributed by atoms with van der Waals surface area (Å²) >= 11 is 10.3. The molecule has 1 aromatic carbocycles. The van der Waals surface area contributed by atoms with Crippen LogP contribution in [0.15, 0.2) is 46.9 Å². The minimum Gasteiger partial charge on any atom is -0.477 e. The van der Waals surface area contributed by atoms with Gasteiger partial charge in [0.2, 0.25) is 0 Å². The summed E-state index contributed by atoms with van der Waals surface area (Å²) in [6.07, 6.45) is 6.26. The maximum atomic E-state index is 6.73. The van der Waals surface area contributed by atoms with Crippen molar-refractivity contribution in [3.63, 3.8) is 0 Å². The Kier molecular flexibility index (Phi) is 5.42. The fraction of sp³-hybridized carbons (Fsp3) is 0.435. The van der Waals surface area contributed by atoms with Crippen LogP contribution in [0.1, 0.15) is 38.4 Å². The Labute approximate surface area is 196 Å². The van der Waals surface area contributed by atoms with Gasteiger partial charge in [0, 0.05) is 35.9 Å². The zero-order valence-corrected chi connectivity index (χ0v) is 20.3. The fourth-order valence-electron chi connectivity index (χ4n) is 4.91. The number of ether oxygens (including phenoxy) is 1. The van der Waals surface area contributed by atoms with Crippen LogP contribution >= 0.6 is 27.5 Å². The minimum absolute atomic E-state index is 0.00911. The van der Waals surface area contributed by atoms with E-state index in [1.807, 2.05) is 25.4 Å². The van der Waals surface area contributed by atoms with E-state index in [-0.39, 0.29) is 12.4 Å². The number of rotatable bonds is 4. The average Bonchev–Trinajstić information content (AvgIpc) is 3.44. The van der Waals surface area contributed by atoms with Crippen molar-refractivity contribution in [1.82, 2.24) is 10.3 Å². The highest BCUT2D eigenvalue weighted by atomic mass is 79.9. The van der Waals surface area contributed by atoms with Gasteiger partial charge in [0.1, 0.15) is 18.2 Å². The number of fused-ring (bicyclic) bond motifs is 1. The van der Waals surface area contributed by atoms with Crippen molar-refractivity contribution in [2.75, 3.05) is 34.8 Å². The average molecular weight is 505 g/mol. The van der Waals surface area contributed by atoms with Crippen molar-refractivity contribution in [3.8, 4) is 0 Å². The van der Waals surface area contributed by atoms with Gasteiger partial charge in [-0.2, -0.15) is 0 Å². The molecule has 0 amide bonds. The lowest BCUT2D eigenvalue weighted by atomic mass is 10.2. The van der Waals surface area contributed by atoms with E-state index in [0.29, 0.717) is 12.6 Å². The Bertz CT molecular complexity index is 1010. The second kappa shape index (κ2) is 8.10. The second-order valence-electron chi connectivity index (χ2n) is 8.54. The highest BCUT2D eigenvalue weighted by Gasteiger charge is 2.38. The molecule has 0 aliphatic carbocycles. The predicted octanol–water partition coefficient (Wildman–Crippen LogP) is 5.25. The summed E-state index contributed by atoms with van der Waals surface area (Å²) in [6.45, 7) is 6.04. The Morgan fingerprint density at radius 3 is 2.74 bits per heavy atom. The molecule has 5 rings (SSSR count). The number of pyridine rings is 1. The van der Waals surface area contributed by atoms with Crippen LogP contribution in [0.2, 0.25) is 5.02 Å². The molecule has 31 heavy (non-hydrogen) atoms. The van der Waals surface area contributed by atoms with E-state index in [1.165, 1.54) is 12.8 Å². The van der Waals surface area contributed by atoms with Crippen molar-refractivity contribution < 1.29 is 4.74 Å². The van der Waals surface area contributed by atoms with E-state index in [2.05, 4.69) is 68.1 Å². The first-order chi connectivity index (χ1) is 14.9. The number of hydrogen-bond donors (Lipinski definition) is 1. The summed E-state index contributed by atoms with van der Waals surface area (Å²) in [7, 11) is 2.09. The zero-order chi connectivity index (χ0) is 21.7. The van der Waals surface area contributed by atoms with E-state index in [1.54, 1.807) is 0 Å². The largest absolute Gasteiger partial charge is 0.477 e. The number of benzene rings is 1. The highest BCUT2D eigenvalue weighted by molar-refractivity contribution is 9.10. The Morgan fingerprint density at radius 2 is 2.10 bits per heavy atom. The van der Waals surface area contributed by atoms with Gasteiger partial charge in [0.25, 0.3) is 0 Å². The summed E-state index contributed by atoms with van der Waals surface area (Å²) in [6, 6.07) is 9.03. The molecule has 0 radical (unpaired) electrons. The standard InChI is InChI=1S/C23H27BrClN5O/c1-14-5-4-10-29(14)20-9-6-16(11-26-20)23-28(3)22-19(8-7-18(24)21(22)25)30(23)12-17-13-31-15(2)27-17/h6-9,11,13-15,23,27H,4-5,10,12H2,1-3H3. The van der Waals surface area contributed by atoms with Gasteiger partial charge in [0.15, 0.2) is 6.23 Å². The lowest BCUT2D eigenvalue weighted by Crippen LogP contribution is -2.37.